The Morgan fingerprint density at radius 1 is 1.20 bits per heavy atom. The summed E-state index contributed by atoms with van der Waals surface area (Å²) in [6.45, 7) is 2.56. The number of anilines is 2. The Morgan fingerprint density at radius 2 is 1.90 bits per heavy atom. The van der Waals surface area contributed by atoms with Crippen LogP contribution in [-0.2, 0) is 6.42 Å². The van der Waals surface area contributed by atoms with E-state index in [-0.39, 0.29) is 10.6 Å². The molecule has 2 rings (SSSR count). The first-order valence-electron chi connectivity index (χ1n) is 6.39. The number of hydrogen-bond acceptors (Lipinski definition) is 4. The van der Waals surface area contributed by atoms with Gasteiger partial charge in [-0.2, -0.15) is 0 Å². The molecule has 0 aliphatic rings. The van der Waals surface area contributed by atoms with Gasteiger partial charge in [0.15, 0.2) is 0 Å². The van der Waals surface area contributed by atoms with Crippen LogP contribution in [0.1, 0.15) is 11.1 Å². The molecule has 2 aromatic rings. The van der Waals surface area contributed by atoms with E-state index in [4.69, 9.17) is 5.73 Å². The number of nitrogens with zero attached hydrogens (tertiary/aromatic N) is 1. The van der Waals surface area contributed by atoms with E-state index in [1.54, 1.807) is 12.1 Å². The van der Waals surface area contributed by atoms with Crippen LogP contribution in [0.3, 0.4) is 0 Å². The quantitative estimate of drug-likeness (QED) is 0.497. The molecular formula is C15H17N3O2. The van der Waals surface area contributed by atoms with Crippen molar-refractivity contribution in [2.75, 3.05) is 17.6 Å². The average Bonchev–Trinajstić information content (AvgIpc) is 2.40. The van der Waals surface area contributed by atoms with Gasteiger partial charge in [0.1, 0.15) is 0 Å². The monoisotopic (exact) mass is 271 g/mol. The molecule has 0 amide bonds. The van der Waals surface area contributed by atoms with Crippen molar-refractivity contribution in [3.63, 3.8) is 0 Å². The first kappa shape index (κ1) is 13.9. The number of nitro groups is 1. The molecule has 0 saturated heterocycles. The lowest BCUT2D eigenvalue weighted by atomic mass is 10.1. The number of rotatable bonds is 5. The zero-order valence-corrected chi connectivity index (χ0v) is 11.3. The van der Waals surface area contributed by atoms with Gasteiger partial charge in [-0.25, -0.2) is 0 Å². The molecule has 3 N–H and O–H groups in total. The minimum absolute atomic E-state index is 0.111. The predicted molar refractivity (Wildman–Crippen MR) is 80.9 cm³/mol. The smallest absolute Gasteiger partial charge is 0.271 e. The van der Waals surface area contributed by atoms with Gasteiger partial charge in [-0.1, -0.05) is 12.1 Å². The van der Waals surface area contributed by atoms with Crippen molar-refractivity contribution in [2.24, 2.45) is 0 Å². The second-order valence-corrected chi connectivity index (χ2v) is 4.73. The molecule has 0 aliphatic carbocycles. The summed E-state index contributed by atoms with van der Waals surface area (Å²) in [7, 11) is 0. The minimum atomic E-state index is -0.377. The third kappa shape index (κ3) is 3.71. The van der Waals surface area contributed by atoms with E-state index in [9.17, 15) is 10.1 Å². The molecule has 104 valence electrons. The maximum absolute atomic E-state index is 10.8. The average molecular weight is 271 g/mol. The zero-order chi connectivity index (χ0) is 14.5. The third-order valence-electron chi connectivity index (χ3n) is 3.00. The summed E-state index contributed by atoms with van der Waals surface area (Å²) in [5, 5.41) is 14.0. The summed E-state index contributed by atoms with van der Waals surface area (Å²) in [6, 6.07) is 12.7. The Morgan fingerprint density at radius 3 is 2.55 bits per heavy atom. The summed E-state index contributed by atoms with van der Waals surface area (Å²) in [6.07, 6.45) is 0.835. The largest absolute Gasteiger partial charge is 0.399 e. The van der Waals surface area contributed by atoms with Crippen LogP contribution in [0.4, 0.5) is 17.1 Å². The van der Waals surface area contributed by atoms with E-state index >= 15 is 0 Å². The Bertz CT molecular complexity index is 609. The van der Waals surface area contributed by atoms with Gasteiger partial charge in [-0.05, 0) is 42.7 Å². The van der Waals surface area contributed by atoms with Crippen molar-refractivity contribution in [1.82, 2.24) is 0 Å². The summed E-state index contributed by atoms with van der Waals surface area (Å²) in [4.78, 5) is 10.4. The molecule has 0 spiro atoms. The van der Waals surface area contributed by atoms with Crippen molar-refractivity contribution in [3.05, 3.63) is 63.7 Å². The van der Waals surface area contributed by atoms with Gasteiger partial charge >= 0.3 is 0 Å². The molecule has 0 atom stereocenters. The molecule has 0 radical (unpaired) electrons. The molecule has 5 heteroatoms. The highest BCUT2D eigenvalue weighted by Gasteiger charge is 2.07. The summed E-state index contributed by atoms with van der Waals surface area (Å²) >= 11 is 0. The molecule has 0 aliphatic heterocycles. The number of nitrogen functional groups attached to an aromatic ring is 1. The Kier molecular flexibility index (Phi) is 4.20. The topological polar surface area (TPSA) is 81.2 Å². The Balaban J connectivity index is 1.97. The van der Waals surface area contributed by atoms with E-state index < -0.39 is 0 Å². The number of nitrogens with two attached hydrogens (primary N) is 1. The fourth-order valence-corrected chi connectivity index (χ4v) is 2.01. The fraction of sp³-hybridized carbons (Fsp3) is 0.200. The second kappa shape index (κ2) is 6.06. The molecule has 0 unspecified atom stereocenters. The number of benzene rings is 2. The van der Waals surface area contributed by atoms with Crippen molar-refractivity contribution in [1.29, 1.82) is 0 Å². The summed E-state index contributed by atoms with van der Waals surface area (Å²) in [5.41, 5.74) is 9.30. The van der Waals surface area contributed by atoms with Crippen LogP contribution in [0.25, 0.3) is 0 Å². The Labute approximate surface area is 117 Å². The van der Waals surface area contributed by atoms with Crippen molar-refractivity contribution in [2.45, 2.75) is 13.3 Å². The van der Waals surface area contributed by atoms with Crippen molar-refractivity contribution < 1.29 is 4.92 Å². The predicted octanol–water partition coefficient (Wildman–Crippen LogP) is 3.14. The molecule has 0 heterocycles. The number of nitro benzene ring substituents is 1. The van der Waals surface area contributed by atoms with E-state index in [0.29, 0.717) is 6.54 Å². The number of aryl methyl sites for hydroxylation is 1. The maximum atomic E-state index is 10.8. The molecule has 0 fully saturated rings. The molecule has 5 nitrogen and oxygen atoms in total. The van der Waals surface area contributed by atoms with Crippen LogP contribution in [0, 0.1) is 17.0 Å². The number of non-ortho nitro benzene ring substituents is 1. The van der Waals surface area contributed by atoms with Crippen LogP contribution < -0.4 is 11.1 Å². The first-order valence-corrected chi connectivity index (χ1v) is 6.39. The molecule has 2 aromatic carbocycles. The van der Waals surface area contributed by atoms with Gasteiger partial charge < -0.3 is 11.1 Å². The van der Waals surface area contributed by atoms with E-state index in [0.717, 1.165) is 23.4 Å². The summed E-state index contributed by atoms with van der Waals surface area (Å²) in [5.74, 6) is 0. The maximum Gasteiger partial charge on any atom is 0.271 e. The lowest BCUT2D eigenvalue weighted by Gasteiger charge is -2.07. The van der Waals surface area contributed by atoms with Crippen LogP contribution in [0.5, 0.6) is 0 Å². The Hall–Kier alpha value is -2.56. The van der Waals surface area contributed by atoms with Crippen molar-refractivity contribution >= 4 is 17.1 Å². The molecule has 0 saturated carbocycles. The van der Waals surface area contributed by atoms with Crippen LogP contribution in [0.15, 0.2) is 42.5 Å². The van der Waals surface area contributed by atoms with Gasteiger partial charge in [0.05, 0.1) is 4.92 Å². The lowest BCUT2D eigenvalue weighted by Crippen LogP contribution is -2.05. The van der Waals surface area contributed by atoms with Crippen molar-refractivity contribution in [3.8, 4) is 0 Å². The summed E-state index contributed by atoms with van der Waals surface area (Å²) < 4.78 is 0. The SMILES string of the molecule is Cc1cc(NCCc2ccc(N)cc2)cc([N+](=O)[O-])c1. The lowest BCUT2D eigenvalue weighted by molar-refractivity contribution is -0.384. The van der Waals surface area contributed by atoms with E-state index in [1.165, 1.54) is 5.56 Å². The highest BCUT2D eigenvalue weighted by Crippen LogP contribution is 2.20. The van der Waals surface area contributed by atoms with E-state index in [2.05, 4.69) is 5.32 Å². The highest BCUT2D eigenvalue weighted by atomic mass is 16.6. The highest BCUT2D eigenvalue weighted by molar-refractivity contribution is 5.53. The normalized spacial score (nSPS) is 10.2. The zero-order valence-electron chi connectivity index (χ0n) is 11.3. The van der Waals surface area contributed by atoms with Crippen LogP contribution in [0.2, 0.25) is 0 Å². The minimum Gasteiger partial charge on any atom is -0.399 e. The molecule has 0 aromatic heterocycles. The van der Waals surface area contributed by atoms with E-state index in [1.807, 2.05) is 37.3 Å². The molecule has 20 heavy (non-hydrogen) atoms. The molecular weight excluding hydrogens is 254 g/mol. The van der Waals surface area contributed by atoms with Gasteiger partial charge in [-0.15, -0.1) is 0 Å². The van der Waals surface area contributed by atoms with Crippen LogP contribution in [-0.4, -0.2) is 11.5 Å². The number of hydrogen-bond donors (Lipinski definition) is 2. The van der Waals surface area contributed by atoms with Crippen LogP contribution >= 0.6 is 0 Å². The number of nitrogens with one attached hydrogen (secondary N) is 1. The third-order valence-corrected chi connectivity index (χ3v) is 3.00. The van der Waals surface area contributed by atoms with Gasteiger partial charge in [0.25, 0.3) is 5.69 Å². The molecule has 0 bridgehead atoms. The first-order chi connectivity index (χ1) is 9.54. The fourth-order valence-electron chi connectivity index (χ4n) is 2.01. The van der Waals surface area contributed by atoms with Gasteiger partial charge in [0.2, 0.25) is 0 Å². The van der Waals surface area contributed by atoms with Gasteiger partial charge in [-0.3, -0.25) is 10.1 Å². The standard InChI is InChI=1S/C15H17N3O2/c1-11-8-14(10-15(9-11)18(19)20)17-7-6-12-2-4-13(16)5-3-12/h2-5,8-10,17H,6-7,16H2,1H3. The second-order valence-electron chi connectivity index (χ2n) is 4.73. The van der Waals surface area contributed by atoms with Gasteiger partial charge in [0, 0.05) is 30.1 Å².